The third kappa shape index (κ3) is 5.21. The minimum atomic E-state index is -0.195. The van der Waals surface area contributed by atoms with Gasteiger partial charge in [-0.1, -0.05) is 24.3 Å². The van der Waals surface area contributed by atoms with Gasteiger partial charge < -0.3 is 19.5 Å². The van der Waals surface area contributed by atoms with Gasteiger partial charge in [0.25, 0.3) is 5.91 Å². The fourth-order valence-corrected chi connectivity index (χ4v) is 2.02. The first-order chi connectivity index (χ1) is 11.2. The zero-order chi connectivity index (χ0) is 16.5. The molecular weight excluding hydrogens is 294 g/mol. The van der Waals surface area contributed by atoms with E-state index in [9.17, 15) is 4.79 Å². The maximum absolute atomic E-state index is 11.9. The summed E-state index contributed by atoms with van der Waals surface area (Å²) in [5.74, 6) is 1.76. The summed E-state index contributed by atoms with van der Waals surface area (Å²) in [4.78, 5) is 11.9. The van der Waals surface area contributed by atoms with Crippen LogP contribution in [0.2, 0.25) is 0 Å². The van der Waals surface area contributed by atoms with Gasteiger partial charge in [0.15, 0.2) is 18.1 Å². The lowest BCUT2D eigenvalue weighted by Gasteiger charge is -2.11. The second kappa shape index (κ2) is 8.68. The Hall–Kier alpha value is -2.69. The maximum Gasteiger partial charge on any atom is 0.258 e. The minimum absolute atomic E-state index is 0.0615. The molecule has 0 saturated heterocycles. The van der Waals surface area contributed by atoms with E-state index in [4.69, 9.17) is 14.2 Å². The molecule has 5 heteroatoms. The Labute approximate surface area is 136 Å². The molecule has 0 aliphatic heterocycles. The van der Waals surface area contributed by atoms with Crippen molar-refractivity contribution in [1.29, 1.82) is 0 Å². The lowest BCUT2D eigenvalue weighted by molar-refractivity contribution is -0.123. The molecule has 0 heterocycles. The van der Waals surface area contributed by atoms with Gasteiger partial charge in [-0.25, -0.2) is 0 Å². The van der Waals surface area contributed by atoms with Crippen molar-refractivity contribution < 1.29 is 19.0 Å². The predicted octanol–water partition coefficient (Wildman–Crippen LogP) is 2.79. The molecule has 2 aromatic carbocycles. The summed E-state index contributed by atoms with van der Waals surface area (Å²) < 4.78 is 16.1. The van der Waals surface area contributed by atoms with E-state index in [1.807, 2.05) is 49.4 Å². The van der Waals surface area contributed by atoms with Crippen LogP contribution in [-0.4, -0.2) is 26.2 Å². The van der Waals surface area contributed by atoms with Crippen LogP contribution in [0.4, 0.5) is 0 Å². The highest BCUT2D eigenvalue weighted by atomic mass is 16.5. The van der Waals surface area contributed by atoms with Crippen molar-refractivity contribution in [3.8, 4) is 17.2 Å². The van der Waals surface area contributed by atoms with Gasteiger partial charge in [-0.2, -0.15) is 0 Å². The third-order valence-electron chi connectivity index (χ3n) is 3.13. The number of carbonyl (C=O) groups is 1. The normalized spacial score (nSPS) is 10.0. The fourth-order valence-electron chi connectivity index (χ4n) is 2.02. The number of amides is 1. The molecule has 5 nitrogen and oxygen atoms in total. The summed E-state index contributed by atoms with van der Waals surface area (Å²) in [6, 6.07) is 14.8. The molecule has 2 aromatic rings. The molecule has 0 aromatic heterocycles. The number of carbonyl (C=O) groups excluding carboxylic acids is 1. The molecule has 0 saturated carbocycles. The Morgan fingerprint density at radius 2 is 1.78 bits per heavy atom. The highest BCUT2D eigenvalue weighted by Crippen LogP contribution is 2.26. The van der Waals surface area contributed by atoms with Gasteiger partial charge in [-0.05, 0) is 36.8 Å². The highest BCUT2D eigenvalue weighted by molar-refractivity contribution is 5.77. The molecule has 122 valence electrons. The number of benzene rings is 2. The number of methoxy groups -OCH3 is 1. The molecule has 23 heavy (non-hydrogen) atoms. The number of rotatable bonds is 8. The molecule has 0 bridgehead atoms. The van der Waals surface area contributed by atoms with E-state index in [0.29, 0.717) is 24.7 Å². The van der Waals surface area contributed by atoms with Crippen molar-refractivity contribution in [3.63, 3.8) is 0 Å². The van der Waals surface area contributed by atoms with E-state index in [0.717, 1.165) is 11.3 Å². The van der Waals surface area contributed by atoms with Crippen molar-refractivity contribution in [3.05, 3.63) is 54.1 Å². The van der Waals surface area contributed by atoms with Crippen molar-refractivity contribution >= 4 is 5.91 Å². The minimum Gasteiger partial charge on any atom is -0.497 e. The van der Waals surface area contributed by atoms with Crippen LogP contribution in [-0.2, 0) is 11.3 Å². The zero-order valence-electron chi connectivity index (χ0n) is 13.4. The Morgan fingerprint density at radius 3 is 2.48 bits per heavy atom. The first-order valence-corrected chi connectivity index (χ1v) is 7.47. The molecule has 2 rings (SSSR count). The van der Waals surface area contributed by atoms with Gasteiger partial charge in [0.05, 0.1) is 13.7 Å². The van der Waals surface area contributed by atoms with E-state index >= 15 is 0 Å². The second-order valence-electron chi connectivity index (χ2n) is 4.80. The number of nitrogens with one attached hydrogen (secondary N) is 1. The Morgan fingerprint density at radius 1 is 1.04 bits per heavy atom. The van der Waals surface area contributed by atoms with Crippen LogP contribution < -0.4 is 19.5 Å². The smallest absolute Gasteiger partial charge is 0.258 e. The summed E-state index contributed by atoms with van der Waals surface area (Å²) in [6.45, 7) is 2.81. The fraction of sp³-hybridized carbons (Fsp3) is 0.278. The third-order valence-corrected chi connectivity index (χ3v) is 3.13. The van der Waals surface area contributed by atoms with Gasteiger partial charge in [0.1, 0.15) is 5.75 Å². The first-order valence-electron chi connectivity index (χ1n) is 7.47. The van der Waals surface area contributed by atoms with Gasteiger partial charge >= 0.3 is 0 Å². The van der Waals surface area contributed by atoms with Crippen LogP contribution in [0.5, 0.6) is 17.2 Å². The molecule has 1 N–H and O–H groups in total. The van der Waals surface area contributed by atoms with Crippen molar-refractivity contribution in [2.24, 2.45) is 0 Å². The summed E-state index contributed by atoms with van der Waals surface area (Å²) in [6.07, 6.45) is 0. The summed E-state index contributed by atoms with van der Waals surface area (Å²) in [7, 11) is 1.61. The van der Waals surface area contributed by atoms with E-state index in [-0.39, 0.29) is 12.5 Å². The van der Waals surface area contributed by atoms with Crippen LogP contribution in [0, 0.1) is 0 Å². The van der Waals surface area contributed by atoms with E-state index < -0.39 is 0 Å². The Bertz CT molecular complexity index is 642. The van der Waals surface area contributed by atoms with E-state index in [1.165, 1.54) is 0 Å². The lowest BCUT2D eigenvalue weighted by Crippen LogP contribution is -2.28. The molecule has 0 radical (unpaired) electrons. The topological polar surface area (TPSA) is 56.8 Å². The summed E-state index contributed by atoms with van der Waals surface area (Å²) >= 11 is 0. The molecule has 0 atom stereocenters. The van der Waals surface area contributed by atoms with Gasteiger partial charge in [0, 0.05) is 6.54 Å². The number of hydrogen-bond donors (Lipinski definition) is 1. The molecule has 0 unspecified atom stereocenters. The second-order valence-corrected chi connectivity index (χ2v) is 4.80. The van der Waals surface area contributed by atoms with Gasteiger partial charge in [-0.3, -0.25) is 4.79 Å². The maximum atomic E-state index is 11.9. The van der Waals surface area contributed by atoms with Crippen LogP contribution in [0.1, 0.15) is 12.5 Å². The average molecular weight is 315 g/mol. The first kappa shape index (κ1) is 16.7. The molecule has 0 spiro atoms. The highest BCUT2D eigenvalue weighted by Gasteiger charge is 2.07. The summed E-state index contributed by atoms with van der Waals surface area (Å²) in [5.41, 5.74) is 0.965. The molecule has 0 aliphatic rings. The standard InChI is InChI=1S/C18H21NO4/c1-3-22-16-9-4-5-10-17(16)23-13-18(20)19-12-14-7-6-8-15(11-14)21-2/h4-11H,3,12-13H2,1-2H3,(H,19,20). The van der Waals surface area contributed by atoms with Gasteiger partial charge in [0.2, 0.25) is 0 Å². The molecule has 1 amide bonds. The number of para-hydroxylation sites is 2. The van der Waals surface area contributed by atoms with Crippen molar-refractivity contribution in [1.82, 2.24) is 5.32 Å². The van der Waals surface area contributed by atoms with Crippen LogP contribution in [0.3, 0.4) is 0 Å². The zero-order valence-corrected chi connectivity index (χ0v) is 13.4. The molecular formula is C18H21NO4. The number of ether oxygens (including phenoxy) is 3. The predicted molar refractivity (Wildman–Crippen MR) is 87.9 cm³/mol. The Kier molecular flexibility index (Phi) is 6.29. The SMILES string of the molecule is CCOc1ccccc1OCC(=O)NCc1cccc(OC)c1. The molecule has 0 fully saturated rings. The van der Waals surface area contributed by atoms with E-state index in [2.05, 4.69) is 5.32 Å². The summed E-state index contributed by atoms with van der Waals surface area (Å²) in [5, 5.41) is 2.81. The largest absolute Gasteiger partial charge is 0.497 e. The molecule has 0 aliphatic carbocycles. The van der Waals surface area contributed by atoms with E-state index in [1.54, 1.807) is 13.2 Å². The van der Waals surface area contributed by atoms with Crippen molar-refractivity contribution in [2.75, 3.05) is 20.3 Å². The number of hydrogen-bond acceptors (Lipinski definition) is 4. The quantitative estimate of drug-likeness (QED) is 0.814. The van der Waals surface area contributed by atoms with Crippen LogP contribution >= 0.6 is 0 Å². The van der Waals surface area contributed by atoms with Crippen molar-refractivity contribution in [2.45, 2.75) is 13.5 Å². The van der Waals surface area contributed by atoms with Gasteiger partial charge in [-0.15, -0.1) is 0 Å². The Balaban J connectivity index is 1.83. The lowest BCUT2D eigenvalue weighted by atomic mass is 10.2. The monoisotopic (exact) mass is 315 g/mol. The van der Waals surface area contributed by atoms with Crippen LogP contribution in [0.15, 0.2) is 48.5 Å². The van der Waals surface area contributed by atoms with Crippen LogP contribution in [0.25, 0.3) is 0 Å². The average Bonchev–Trinajstić information content (AvgIpc) is 2.59.